The standard InChI is InChI=1S/C26H23N7OS/c1-17(18-5-3-2-4-6-18)33-16-29-31-25(33)24-11-20(14-35-24)30-26(34)22-12-21(9-10-27-22)32-13-23(28-15-32)19-7-8-19/h2-6,9-17,19H,7-8H2,1H3,(H,30,34). The Morgan fingerprint density at radius 2 is 1.97 bits per heavy atom. The summed E-state index contributed by atoms with van der Waals surface area (Å²) in [4.78, 5) is 22.6. The van der Waals surface area contributed by atoms with Gasteiger partial charge in [0.1, 0.15) is 12.0 Å². The van der Waals surface area contributed by atoms with Crippen molar-refractivity contribution in [3.63, 3.8) is 0 Å². The second-order valence-corrected chi connectivity index (χ2v) is 9.59. The number of thiophene rings is 1. The van der Waals surface area contributed by atoms with Gasteiger partial charge in [0.15, 0.2) is 5.82 Å². The van der Waals surface area contributed by atoms with Crippen molar-refractivity contribution in [3.05, 3.63) is 95.9 Å². The van der Waals surface area contributed by atoms with E-state index in [1.165, 1.54) is 29.7 Å². The van der Waals surface area contributed by atoms with Crippen LogP contribution in [0.25, 0.3) is 16.4 Å². The van der Waals surface area contributed by atoms with Crippen molar-refractivity contribution in [3.8, 4) is 16.4 Å². The molecule has 1 atom stereocenters. The Morgan fingerprint density at radius 3 is 2.80 bits per heavy atom. The van der Waals surface area contributed by atoms with Crippen molar-refractivity contribution in [1.29, 1.82) is 0 Å². The third-order valence-electron chi connectivity index (χ3n) is 6.22. The number of anilines is 1. The molecule has 0 saturated heterocycles. The highest BCUT2D eigenvalue weighted by Gasteiger charge is 2.26. The molecule has 4 heterocycles. The predicted molar refractivity (Wildman–Crippen MR) is 135 cm³/mol. The quantitative estimate of drug-likeness (QED) is 0.339. The Morgan fingerprint density at radius 1 is 1.11 bits per heavy atom. The van der Waals surface area contributed by atoms with E-state index < -0.39 is 0 Å². The summed E-state index contributed by atoms with van der Waals surface area (Å²) < 4.78 is 3.98. The maximum atomic E-state index is 12.9. The zero-order valence-electron chi connectivity index (χ0n) is 19.1. The second kappa shape index (κ2) is 8.92. The predicted octanol–water partition coefficient (Wildman–Crippen LogP) is 5.33. The van der Waals surface area contributed by atoms with Crippen LogP contribution in [0.5, 0.6) is 0 Å². The van der Waals surface area contributed by atoms with Crippen LogP contribution in [0.4, 0.5) is 5.69 Å². The van der Waals surface area contributed by atoms with Crippen LogP contribution in [0, 0.1) is 0 Å². The molecular formula is C26H23N7OS. The summed E-state index contributed by atoms with van der Waals surface area (Å²) in [7, 11) is 0. The Bertz CT molecular complexity index is 1480. The van der Waals surface area contributed by atoms with Gasteiger partial charge in [-0.05, 0) is 43.5 Å². The lowest BCUT2D eigenvalue weighted by molar-refractivity contribution is 0.102. The van der Waals surface area contributed by atoms with E-state index in [1.807, 2.05) is 51.0 Å². The molecule has 1 amide bonds. The van der Waals surface area contributed by atoms with E-state index in [1.54, 1.807) is 24.9 Å². The van der Waals surface area contributed by atoms with E-state index in [4.69, 9.17) is 0 Å². The molecular weight excluding hydrogens is 458 g/mol. The minimum atomic E-state index is -0.266. The average Bonchev–Trinajstić information content (AvgIpc) is 3.28. The van der Waals surface area contributed by atoms with E-state index in [2.05, 4.69) is 44.5 Å². The summed E-state index contributed by atoms with van der Waals surface area (Å²) in [5, 5.41) is 13.3. The molecule has 0 bridgehead atoms. The van der Waals surface area contributed by atoms with E-state index in [0.717, 1.165) is 22.1 Å². The number of carbonyl (C=O) groups is 1. The number of rotatable bonds is 7. The van der Waals surface area contributed by atoms with Gasteiger partial charge in [-0.3, -0.25) is 9.78 Å². The first-order chi connectivity index (χ1) is 17.2. The number of hydrogen-bond acceptors (Lipinski definition) is 6. The summed E-state index contributed by atoms with van der Waals surface area (Å²) >= 11 is 1.51. The molecule has 174 valence electrons. The number of nitrogens with zero attached hydrogens (tertiary/aromatic N) is 6. The SMILES string of the molecule is CC(c1ccccc1)n1cnnc1-c1cc(NC(=O)c2cc(-n3cnc(C4CC4)c3)ccn2)cs1. The number of benzene rings is 1. The molecule has 1 unspecified atom stereocenters. The van der Waals surface area contributed by atoms with Gasteiger partial charge in [-0.15, -0.1) is 21.5 Å². The van der Waals surface area contributed by atoms with Gasteiger partial charge in [0.25, 0.3) is 5.91 Å². The first kappa shape index (κ1) is 21.4. The summed E-state index contributed by atoms with van der Waals surface area (Å²) in [6.07, 6.45) is 9.61. The van der Waals surface area contributed by atoms with Gasteiger partial charge in [0, 0.05) is 23.7 Å². The molecule has 1 fully saturated rings. The highest BCUT2D eigenvalue weighted by Crippen LogP contribution is 2.39. The minimum Gasteiger partial charge on any atom is -0.320 e. The highest BCUT2D eigenvalue weighted by molar-refractivity contribution is 7.14. The van der Waals surface area contributed by atoms with E-state index in [0.29, 0.717) is 17.3 Å². The van der Waals surface area contributed by atoms with Crippen molar-refractivity contribution in [2.45, 2.75) is 31.7 Å². The van der Waals surface area contributed by atoms with Crippen LogP contribution >= 0.6 is 11.3 Å². The largest absolute Gasteiger partial charge is 0.320 e. The summed E-state index contributed by atoms with van der Waals surface area (Å²) in [6.45, 7) is 2.12. The molecule has 9 heteroatoms. The van der Waals surface area contributed by atoms with Crippen molar-refractivity contribution in [2.75, 3.05) is 5.32 Å². The molecule has 1 N–H and O–H groups in total. The molecule has 35 heavy (non-hydrogen) atoms. The normalized spacial score (nSPS) is 14.1. The number of hydrogen-bond donors (Lipinski definition) is 1. The van der Waals surface area contributed by atoms with Gasteiger partial charge < -0.3 is 14.5 Å². The number of pyridine rings is 1. The van der Waals surface area contributed by atoms with Gasteiger partial charge >= 0.3 is 0 Å². The Labute approximate surface area is 206 Å². The van der Waals surface area contributed by atoms with E-state index in [9.17, 15) is 4.79 Å². The summed E-state index contributed by atoms with van der Waals surface area (Å²) in [5.74, 6) is 1.08. The van der Waals surface area contributed by atoms with Gasteiger partial charge in [0.05, 0.1) is 34.3 Å². The lowest BCUT2D eigenvalue weighted by Crippen LogP contribution is -2.13. The number of aromatic nitrogens is 6. The van der Waals surface area contributed by atoms with Crippen LogP contribution in [-0.4, -0.2) is 35.2 Å². The van der Waals surface area contributed by atoms with E-state index in [-0.39, 0.29) is 11.9 Å². The second-order valence-electron chi connectivity index (χ2n) is 8.68. The average molecular weight is 482 g/mol. The van der Waals surface area contributed by atoms with Crippen LogP contribution in [0.2, 0.25) is 0 Å². The first-order valence-corrected chi connectivity index (χ1v) is 12.4. The molecule has 1 aliphatic carbocycles. The molecule has 4 aromatic heterocycles. The Kier molecular flexibility index (Phi) is 5.46. The molecule has 0 spiro atoms. The molecule has 1 aliphatic rings. The third kappa shape index (κ3) is 4.38. The molecule has 8 nitrogen and oxygen atoms in total. The number of amides is 1. The molecule has 6 rings (SSSR count). The Balaban J connectivity index is 1.19. The van der Waals surface area contributed by atoms with Crippen LogP contribution in [-0.2, 0) is 0 Å². The van der Waals surface area contributed by atoms with Gasteiger partial charge in [0.2, 0.25) is 0 Å². The Hall–Kier alpha value is -4.11. The zero-order valence-corrected chi connectivity index (χ0v) is 19.9. The number of carbonyl (C=O) groups excluding carboxylic acids is 1. The van der Waals surface area contributed by atoms with E-state index >= 15 is 0 Å². The summed E-state index contributed by atoms with van der Waals surface area (Å²) in [5.41, 5.74) is 4.18. The maximum Gasteiger partial charge on any atom is 0.274 e. The molecule has 1 aromatic carbocycles. The van der Waals surface area contributed by atoms with Gasteiger partial charge in [-0.25, -0.2) is 4.98 Å². The topological polar surface area (TPSA) is 90.5 Å². The monoisotopic (exact) mass is 481 g/mol. The minimum absolute atomic E-state index is 0.0805. The summed E-state index contributed by atoms with van der Waals surface area (Å²) in [6, 6.07) is 15.9. The fraction of sp³-hybridized carbons (Fsp3) is 0.192. The molecule has 0 aliphatic heterocycles. The first-order valence-electron chi connectivity index (χ1n) is 11.5. The van der Waals surface area contributed by atoms with Crippen LogP contribution in [0.3, 0.4) is 0 Å². The third-order valence-corrected chi connectivity index (χ3v) is 7.15. The smallest absolute Gasteiger partial charge is 0.274 e. The number of nitrogens with one attached hydrogen (secondary N) is 1. The van der Waals surface area contributed by atoms with Crippen molar-refractivity contribution in [2.24, 2.45) is 0 Å². The van der Waals surface area contributed by atoms with Crippen LogP contribution in [0.1, 0.15) is 53.5 Å². The van der Waals surface area contributed by atoms with Crippen LogP contribution in [0.15, 0.2) is 79.0 Å². The highest BCUT2D eigenvalue weighted by atomic mass is 32.1. The van der Waals surface area contributed by atoms with Gasteiger partial charge in [-0.1, -0.05) is 30.3 Å². The van der Waals surface area contributed by atoms with Crippen molar-refractivity contribution < 1.29 is 4.79 Å². The van der Waals surface area contributed by atoms with Crippen molar-refractivity contribution in [1.82, 2.24) is 29.3 Å². The fourth-order valence-corrected chi connectivity index (χ4v) is 4.91. The lowest BCUT2D eigenvalue weighted by Gasteiger charge is -2.15. The molecule has 1 saturated carbocycles. The van der Waals surface area contributed by atoms with Gasteiger partial charge in [-0.2, -0.15) is 0 Å². The fourth-order valence-electron chi connectivity index (χ4n) is 4.08. The number of imidazole rings is 1. The maximum absolute atomic E-state index is 12.9. The zero-order chi connectivity index (χ0) is 23.8. The van der Waals surface area contributed by atoms with Crippen molar-refractivity contribution >= 4 is 22.9 Å². The van der Waals surface area contributed by atoms with Crippen LogP contribution < -0.4 is 5.32 Å². The molecule has 0 radical (unpaired) electrons. The lowest BCUT2D eigenvalue weighted by atomic mass is 10.1. The molecule has 5 aromatic rings.